The van der Waals surface area contributed by atoms with Gasteiger partial charge in [0, 0.05) is 23.1 Å². The van der Waals surface area contributed by atoms with Crippen LogP contribution in [0.2, 0.25) is 0 Å². The van der Waals surface area contributed by atoms with Gasteiger partial charge in [-0.3, -0.25) is 13.9 Å². The molecule has 1 aromatic heterocycles. The smallest absolute Gasteiger partial charge is 0.331 e. The standard InChI is InChI=1S/C31H34F2N4O5S/c1-20-28(22-12-7-14-26(42-2)29(22)33)30(38)37(19-25(35-17-9-16-34)21-10-5-4-6-11-21)31(39)36(20)18-23-24(32)13-8-15-27(23)43(3,40)41/h4-8,10-15,25,35H,9,16-19,34H2,1-3H3. The molecule has 9 nitrogen and oxygen atoms in total. The zero-order chi connectivity index (χ0) is 31.3. The number of hydrogen-bond acceptors (Lipinski definition) is 7. The van der Waals surface area contributed by atoms with Crippen LogP contribution in [0.15, 0.2) is 81.2 Å². The van der Waals surface area contributed by atoms with Crippen LogP contribution in [0.1, 0.15) is 29.3 Å². The van der Waals surface area contributed by atoms with Gasteiger partial charge < -0.3 is 15.8 Å². The van der Waals surface area contributed by atoms with Crippen LogP contribution in [0, 0.1) is 18.6 Å². The summed E-state index contributed by atoms with van der Waals surface area (Å²) in [5.41, 5.74) is 4.43. The minimum absolute atomic E-state index is 0.0356. The molecule has 228 valence electrons. The number of benzene rings is 3. The van der Waals surface area contributed by atoms with Crippen molar-refractivity contribution in [2.75, 3.05) is 26.5 Å². The molecular formula is C31H34F2N4O5S. The summed E-state index contributed by atoms with van der Waals surface area (Å²) in [6, 6.07) is 16.6. The fraction of sp³-hybridized carbons (Fsp3) is 0.290. The third kappa shape index (κ3) is 6.76. The lowest BCUT2D eigenvalue weighted by Crippen LogP contribution is -2.45. The maximum absolute atomic E-state index is 15.6. The Morgan fingerprint density at radius 2 is 1.67 bits per heavy atom. The topological polar surface area (TPSA) is 125 Å². The first-order chi connectivity index (χ1) is 20.5. The van der Waals surface area contributed by atoms with Crippen molar-refractivity contribution in [1.82, 2.24) is 14.5 Å². The van der Waals surface area contributed by atoms with Crippen LogP contribution in [0.3, 0.4) is 0 Å². The molecule has 0 spiro atoms. The summed E-state index contributed by atoms with van der Waals surface area (Å²) >= 11 is 0. The second-order valence-corrected chi connectivity index (χ2v) is 12.1. The summed E-state index contributed by atoms with van der Waals surface area (Å²) in [7, 11) is -2.60. The monoisotopic (exact) mass is 612 g/mol. The molecule has 0 saturated carbocycles. The molecule has 1 unspecified atom stereocenters. The number of nitrogens with one attached hydrogen (secondary N) is 1. The molecule has 0 aliphatic rings. The van der Waals surface area contributed by atoms with Gasteiger partial charge >= 0.3 is 5.69 Å². The number of aromatic nitrogens is 2. The predicted octanol–water partition coefficient (Wildman–Crippen LogP) is 3.40. The lowest BCUT2D eigenvalue weighted by atomic mass is 10.0. The molecule has 0 aliphatic heterocycles. The highest BCUT2D eigenvalue weighted by molar-refractivity contribution is 7.90. The van der Waals surface area contributed by atoms with Crippen molar-refractivity contribution in [3.05, 3.63) is 116 Å². The van der Waals surface area contributed by atoms with Gasteiger partial charge in [0.1, 0.15) is 5.82 Å². The van der Waals surface area contributed by atoms with Gasteiger partial charge in [0.25, 0.3) is 5.56 Å². The Labute approximate surface area is 248 Å². The SMILES string of the molecule is COc1cccc(-c2c(C)n(Cc3c(F)cccc3S(C)(=O)=O)c(=O)n(CC(NCCCN)c3ccccc3)c2=O)c1F. The van der Waals surface area contributed by atoms with Gasteiger partial charge in [-0.25, -0.2) is 22.0 Å². The van der Waals surface area contributed by atoms with Crippen LogP contribution in [-0.2, 0) is 22.9 Å². The Bertz CT molecular complexity index is 1840. The Morgan fingerprint density at radius 1 is 0.977 bits per heavy atom. The molecule has 0 saturated heterocycles. The fourth-order valence-corrected chi connectivity index (χ4v) is 5.99. The zero-order valence-electron chi connectivity index (χ0n) is 24.1. The van der Waals surface area contributed by atoms with Crippen LogP contribution in [0.4, 0.5) is 8.78 Å². The highest BCUT2D eigenvalue weighted by atomic mass is 32.2. The summed E-state index contributed by atoms with van der Waals surface area (Å²) in [5.74, 6) is -1.77. The first kappa shape index (κ1) is 31.8. The maximum Gasteiger partial charge on any atom is 0.331 e. The van der Waals surface area contributed by atoms with Crippen LogP contribution < -0.4 is 27.0 Å². The third-order valence-electron chi connectivity index (χ3n) is 7.27. The molecular weight excluding hydrogens is 578 g/mol. The van der Waals surface area contributed by atoms with E-state index in [1.165, 1.54) is 44.4 Å². The largest absolute Gasteiger partial charge is 0.494 e. The van der Waals surface area contributed by atoms with E-state index in [1.54, 1.807) is 0 Å². The van der Waals surface area contributed by atoms with Gasteiger partial charge in [-0.2, -0.15) is 0 Å². The Morgan fingerprint density at radius 3 is 2.33 bits per heavy atom. The zero-order valence-corrected chi connectivity index (χ0v) is 25.0. The van der Waals surface area contributed by atoms with Crippen LogP contribution in [0.5, 0.6) is 5.75 Å². The first-order valence-corrected chi connectivity index (χ1v) is 15.5. The van der Waals surface area contributed by atoms with Gasteiger partial charge in [-0.15, -0.1) is 0 Å². The van der Waals surface area contributed by atoms with E-state index in [9.17, 15) is 18.0 Å². The van der Waals surface area contributed by atoms with E-state index in [0.717, 1.165) is 27.0 Å². The number of ether oxygens (including phenoxy) is 1. The molecule has 3 N–H and O–H groups in total. The van der Waals surface area contributed by atoms with E-state index in [1.807, 2.05) is 30.3 Å². The fourth-order valence-electron chi connectivity index (χ4n) is 5.05. The molecule has 12 heteroatoms. The average molecular weight is 613 g/mol. The first-order valence-electron chi connectivity index (χ1n) is 13.6. The van der Waals surface area contributed by atoms with Gasteiger partial charge in [0.2, 0.25) is 0 Å². The van der Waals surface area contributed by atoms with Crippen molar-refractivity contribution in [2.24, 2.45) is 5.73 Å². The summed E-state index contributed by atoms with van der Waals surface area (Å²) in [4.78, 5) is 27.9. The molecule has 1 atom stereocenters. The van der Waals surface area contributed by atoms with Crippen LogP contribution in [-0.4, -0.2) is 44.0 Å². The Kier molecular flexibility index (Phi) is 9.95. The molecule has 3 aromatic carbocycles. The second kappa shape index (κ2) is 13.4. The number of halogens is 2. The molecule has 0 aliphatic carbocycles. The molecule has 0 amide bonds. The summed E-state index contributed by atoms with van der Waals surface area (Å²) in [6.07, 6.45) is 1.58. The quantitative estimate of drug-likeness (QED) is 0.235. The number of rotatable bonds is 12. The molecule has 0 bridgehead atoms. The van der Waals surface area contributed by atoms with E-state index < -0.39 is 45.3 Å². The van der Waals surface area contributed by atoms with E-state index in [0.29, 0.717) is 19.5 Å². The van der Waals surface area contributed by atoms with E-state index >= 15 is 8.78 Å². The number of methoxy groups -OCH3 is 1. The molecule has 0 radical (unpaired) electrons. The van der Waals surface area contributed by atoms with Gasteiger partial charge in [0.15, 0.2) is 21.4 Å². The van der Waals surface area contributed by atoms with Crippen molar-refractivity contribution in [1.29, 1.82) is 0 Å². The van der Waals surface area contributed by atoms with E-state index in [4.69, 9.17) is 10.5 Å². The van der Waals surface area contributed by atoms with Crippen molar-refractivity contribution >= 4 is 9.84 Å². The highest BCUT2D eigenvalue weighted by Gasteiger charge is 2.26. The maximum atomic E-state index is 15.6. The molecule has 4 aromatic rings. The average Bonchev–Trinajstić information content (AvgIpc) is 2.98. The third-order valence-corrected chi connectivity index (χ3v) is 8.45. The van der Waals surface area contributed by atoms with Crippen molar-refractivity contribution in [3.8, 4) is 16.9 Å². The Hall–Kier alpha value is -4.13. The number of hydrogen-bond donors (Lipinski definition) is 2. The predicted molar refractivity (Wildman–Crippen MR) is 161 cm³/mol. The van der Waals surface area contributed by atoms with E-state index in [2.05, 4.69) is 5.32 Å². The van der Waals surface area contributed by atoms with Gasteiger partial charge in [-0.1, -0.05) is 48.5 Å². The number of sulfone groups is 1. The lowest BCUT2D eigenvalue weighted by Gasteiger charge is -2.23. The molecule has 43 heavy (non-hydrogen) atoms. The number of nitrogens with two attached hydrogens (primary N) is 1. The van der Waals surface area contributed by atoms with Crippen LogP contribution >= 0.6 is 0 Å². The lowest BCUT2D eigenvalue weighted by molar-refractivity contribution is 0.387. The summed E-state index contributed by atoms with van der Waals surface area (Å²) in [5, 5.41) is 3.33. The van der Waals surface area contributed by atoms with E-state index in [-0.39, 0.29) is 39.6 Å². The molecule has 1 heterocycles. The normalized spacial score (nSPS) is 12.3. The minimum atomic E-state index is -3.89. The van der Waals surface area contributed by atoms with Gasteiger partial charge in [-0.05, 0) is 50.2 Å². The van der Waals surface area contributed by atoms with Crippen molar-refractivity contribution in [3.63, 3.8) is 0 Å². The van der Waals surface area contributed by atoms with Crippen molar-refractivity contribution < 1.29 is 21.9 Å². The molecule has 4 rings (SSSR count). The molecule has 0 fully saturated rings. The van der Waals surface area contributed by atoms with Crippen molar-refractivity contribution in [2.45, 2.75) is 37.4 Å². The highest BCUT2D eigenvalue weighted by Crippen LogP contribution is 2.29. The van der Waals surface area contributed by atoms with Crippen LogP contribution in [0.25, 0.3) is 11.1 Å². The van der Waals surface area contributed by atoms with Gasteiger partial charge in [0.05, 0.1) is 36.7 Å². The minimum Gasteiger partial charge on any atom is -0.494 e. The summed E-state index contributed by atoms with van der Waals surface area (Å²) < 4.78 is 63.0. The number of nitrogens with zero attached hydrogens (tertiary/aromatic N) is 2. The summed E-state index contributed by atoms with van der Waals surface area (Å²) in [6.45, 7) is 1.69. The Balaban J connectivity index is 2.00. The second-order valence-electron chi connectivity index (χ2n) is 10.1.